The predicted octanol–water partition coefficient (Wildman–Crippen LogP) is 3.01. The molecule has 1 aromatic heterocycles. The molecular weight excluding hydrogens is 344 g/mol. The van der Waals surface area contributed by atoms with Gasteiger partial charge in [-0.2, -0.15) is 0 Å². The summed E-state index contributed by atoms with van der Waals surface area (Å²) in [4.78, 5) is 30.4. The Hall–Kier alpha value is -2.89. The normalized spacial score (nSPS) is 21.4. The standard InChI is InChI=1S/C21H22N2O4/c1-21(20(25)26)6-2-7-23(13-21)19(24)17-10-16(11-22-12-17)14-3-4-18-15(9-14)5-8-27-18/h3-4,9-12H,2,5-8,13H2,1H3,(H,25,26). The van der Waals surface area contributed by atoms with Gasteiger partial charge in [-0.1, -0.05) is 6.07 Å². The molecule has 1 atom stereocenters. The molecule has 1 unspecified atom stereocenters. The van der Waals surface area contributed by atoms with Crippen LogP contribution in [0.3, 0.4) is 0 Å². The number of amides is 1. The first kappa shape index (κ1) is 17.5. The van der Waals surface area contributed by atoms with Crippen molar-refractivity contribution in [1.82, 2.24) is 9.88 Å². The van der Waals surface area contributed by atoms with Gasteiger partial charge in [0.05, 0.1) is 17.6 Å². The van der Waals surface area contributed by atoms with E-state index < -0.39 is 11.4 Å². The fourth-order valence-corrected chi connectivity index (χ4v) is 3.85. The lowest BCUT2D eigenvalue weighted by Crippen LogP contribution is -2.48. The van der Waals surface area contributed by atoms with Crippen molar-refractivity contribution in [2.45, 2.75) is 26.2 Å². The van der Waals surface area contributed by atoms with Gasteiger partial charge in [0.1, 0.15) is 5.75 Å². The van der Waals surface area contributed by atoms with E-state index in [1.54, 1.807) is 24.2 Å². The summed E-state index contributed by atoms with van der Waals surface area (Å²) in [6, 6.07) is 7.84. The van der Waals surface area contributed by atoms with Crippen molar-refractivity contribution in [3.8, 4) is 16.9 Å². The fourth-order valence-electron chi connectivity index (χ4n) is 3.85. The lowest BCUT2D eigenvalue weighted by molar-refractivity contribution is -0.150. The van der Waals surface area contributed by atoms with Crippen molar-refractivity contribution < 1.29 is 19.4 Å². The van der Waals surface area contributed by atoms with Gasteiger partial charge < -0.3 is 14.7 Å². The summed E-state index contributed by atoms with van der Waals surface area (Å²) in [7, 11) is 0. The lowest BCUT2D eigenvalue weighted by atomic mass is 9.82. The van der Waals surface area contributed by atoms with Gasteiger partial charge in [0.15, 0.2) is 0 Å². The monoisotopic (exact) mass is 366 g/mol. The summed E-state index contributed by atoms with van der Waals surface area (Å²) < 4.78 is 5.55. The maximum atomic E-state index is 13.0. The zero-order valence-corrected chi connectivity index (χ0v) is 15.3. The number of aromatic nitrogens is 1. The van der Waals surface area contributed by atoms with E-state index >= 15 is 0 Å². The van der Waals surface area contributed by atoms with Crippen LogP contribution in [0.5, 0.6) is 5.75 Å². The van der Waals surface area contributed by atoms with E-state index in [2.05, 4.69) is 11.1 Å². The largest absolute Gasteiger partial charge is 0.493 e. The molecule has 1 N–H and O–H groups in total. The molecule has 1 fully saturated rings. The number of benzene rings is 1. The molecule has 140 valence electrons. The Morgan fingerprint density at radius 1 is 1.22 bits per heavy atom. The highest BCUT2D eigenvalue weighted by atomic mass is 16.5. The third kappa shape index (κ3) is 3.27. The van der Waals surface area contributed by atoms with Crippen molar-refractivity contribution in [1.29, 1.82) is 0 Å². The SMILES string of the molecule is CC1(C(=O)O)CCCN(C(=O)c2cncc(-c3ccc4c(c3)CCO4)c2)C1. The number of ether oxygens (including phenoxy) is 1. The highest BCUT2D eigenvalue weighted by molar-refractivity contribution is 5.95. The Morgan fingerprint density at radius 3 is 2.89 bits per heavy atom. The molecule has 0 bridgehead atoms. The molecule has 4 rings (SSSR count). The van der Waals surface area contributed by atoms with Crippen LogP contribution in [0.15, 0.2) is 36.7 Å². The maximum absolute atomic E-state index is 13.0. The molecule has 2 aliphatic heterocycles. The Labute approximate surface area is 157 Å². The number of fused-ring (bicyclic) bond motifs is 1. The van der Waals surface area contributed by atoms with E-state index in [1.165, 1.54) is 0 Å². The highest BCUT2D eigenvalue weighted by Crippen LogP contribution is 2.32. The summed E-state index contributed by atoms with van der Waals surface area (Å²) in [5, 5.41) is 9.48. The topological polar surface area (TPSA) is 79.7 Å². The van der Waals surface area contributed by atoms with Crippen LogP contribution in [-0.4, -0.2) is 46.6 Å². The van der Waals surface area contributed by atoms with Gasteiger partial charge in [-0.3, -0.25) is 14.6 Å². The number of piperidine rings is 1. The van der Waals surface area contributed by atoms with Gasteiger partial charge in [0.25, 0.3) is 5.91 Å². The molecule has 0 saturated carbocycles. The zero-order valence-electron chi connectivity index (χ0n) is 15.3. The average molecular weight is 366 g/mol. The van der Waals surface area contributed by atoms with Crippen molar-refractivity contribution in [3.05, 3.63) is 47.8 Å². The summed E-state index contributed by atoms with van der Waals surface area (Å²) in [5.41, 5.74) is 2.62. The van der Waals surface area contributed by atoms with Crippen LogP contribution in [0.25, 0.3) is 11.1 Å². The second kappa shape index (κ2) is 6.68. The van der Waals surface area contributed by atoms with Crippen LogP contribution < -0.4 is 4.74 Å². The average Bonchev–Trinajstić information content (AvgIpc) is 3.15. The number of carbonyl (C=O) groups is 2. The first-order chi connectivity index (χ1) is 13.0. The summed E-state index contributed by atoms with van der Waals surface area (Å²) >= 11 is 0. The molecule has 0 aliphatic carbocycles. The van der Waals surface area contributed by atoms with E-state index in [0.717, 1.165) is 28.9 Å². The van der Waals surface area contributed by atoms with Crippen LogP contribution in [-0.2, 0) is 11.2 Å². The Balaban J connectivity index is 1.59. The second-order valence-corrected chi connectivity index (χ2v) is 7.58. The second-order valence-electron chi connectivity index (χ2n) is 7.58. The molecular formula is C21H22N2O4. The minimum atomic E-state index is -0.890. The van der Waals surface area contributed by atoms with E-state index in [1.807, 2.05) is 18.2 Å². The first-order valence-corrected chi connectivity index (χ1v) is 9.20. The molecule has 2 aliphatic rings. The van der Waals surface area contributed by atoms with E-state index in [4.69, 9.17) is 4.74 Å². The van der Waals surface area contributed by atoms with Gasteiger partial charge in [-0.15, -0.1) is 0 Å². The van der Waals surface area contributed by atoms with E-state index in [-0.39, 0.29) is 12.5 Å². The van der Waals surface area contributed by atoms with Crippen molar-refractivity contribution >= 4 is 11.9 Å². The Morgan fingerprint density at radius 2 is 2.07 bits per heavy atom. The summed E-state index contributed by atoms with van der Waals surface area (Å²) in [5.74, 6) is -0.103. The number of aliphatic carboxylic acids is 1. The number of likely N-dealkylation sites (tertiary alicyclic amines) is 1. The van der Waals surface area contributed by atoms with Crippen molar-refractivity contribution in [2.75, 3.05) is 19.7 Å². The summed E-state index contributed by atoms with van der Waals surface area (Å²) in [6.07, 6.45) is 5.45. The third-order valence-corrected chi connectivity index (χ3v) is 5.51. The van der Waals surface area contributed by atoms with Crippen molar-refractivity contribution in [2.24, 2.45) is 5.41 Å². The van der Waals surface area contributed by atoms with E-state index in [9.17, 15) is 14.7 Å². The van der Waals surface area contributed by atoms with Gasteiger partial charge >= 0.3 is 5.97 Å². The number of hydrogen-bond donors (Lipinski definition) is 1. The molecule has 0 radical (unpaired) electrons. The predicted molar refractivity (Wildman–Crippen MR) is 99.8 cm³/mol. The third-order valence-electron chi connectivity index (χ3n) is 5.51. The zero-order chi connectivity index (χ0) is 19.0. The fraction of sp³-hybridized carbons (Fsp3) is 0.381. The quantitative estimate of drug-likeness (QED) is 0.903. The number of rotatable bonds is 3. The lowest BCUT2D eigenvalue weighted by Gasteiger charge is -2.37. The number of carboxylic acids is 1. The van der Waals surface area contributed by atoms with Crippen LogP contribution in [0.4, 0.5) is 0 Å². The van der Waals surface area contributed by atoms with Crippen LogP contribution in [0, 0.1) is 5.41 Å². The van der Waals surface area contributed by atoms with E-state index in [0.29, 0.717) is 31.6 Å². The number of hydrogen-bond acceptors (Lipinski definition) is 4. The number of nitrogens with zero attached hydrogens (tertiary/aromatic N) is 2. The molecule has 2 aromatic rings. The molecule has 3 heterocycles. The smallest absolute Gasteiger partial charge is 0.311 e. The molecule has 1 aromatic carbocycles. The van der Waals surface area contributed by atoms with Crippen molar-refractivity contribution in [3.63, 3.8) is 0 Å². The van der Waals surface area contributed by atoms with Gasteiger partial charge in [0, 0.05) is 37.5 Å². The van der Waals surface area contributed by atoms with Crippen LogP contribution >= 0.6 is 0 Å². The van der Waals surface area contributed by atoms with Gasteiger partial charge in [0.2, 0.25) is 0 Å². The first-order valence-electron chi connectivity index (χ1n) is 9.20. The minimum absolute atomic E-state index is 0.166. The Bertz CT molecular complexity index is 911. The molecule has 6 nitrogen and oxygen atoms in total. The highest BCUT2D eigenvalue weighted by Gasteiger charge is 2.39. The van der Waals surface area contributed by atoms with Crippen LogP contribution in [0.2, 0.25) is 0 Å². The molecule has 27 heavy (non-hydrogen) atoms. The van der Waals surface area contributed by atoms with Gasteiger partial charge in [-0.25, -0.2) is 0 Å². The number of carbonyl (C=O) groups excluding carboxylic acids is 1. The summed E-state index contributed by atoms with van der Waals surface area (Å²) in [6.45, 7) is 3.20. The molecule has 0 spiro atoms. The molecule has 1 saturated heterocycles. The van der Waals surface area contributed by atoms with Crippen LogP contribution in [0.1, 0.15) is 35.7 Å². The minimum Gasteiger partial charge on any atom is -0.493 e. The Kier molecular flexibility index (Phi) is 4.34. The molecule has 1 amide bonds. The molecule has 6 heteroatoms. The van der Waals surface area contributed by atoms with Gasteiger partial charge in [-0.05, 0) is 49.1 Å². The maximum Gasteiger partial charge on any atom is 0.311 e. The number of carboxylic acid groups (broad SMARTS) is 1. The number of pyridine rings is 1.